The molecule has 6 nitrogen and oxygen atoms in total. The van der Waals surface area contributed by atoms with E-state index in [1.54, 1.807) is 0 Å². The average Bonchev–Trinajstić information content (AvgIpc) is 3.16. The summed E-state index contributed by atoms with van der Waals surface area (Å²) in [5, 5.41) is 5.87. The second kappa shape index (κ2) is 13.2. The van der Waals surface area contributed by atoms with Crippen LogP contribution in [0.2, 0.25) is 0 Å². The van der Waals surface area contributed by atoms with Crippen molar-refractivity contribution in [3.05, 3.63) is 71.8 Å². The van der Waals surface area contributed by atoms with Crippen molar-refractivity contribution in [2.45, 2.75) is 19.2 Å². The zero-order chi connectivity index (χ0) is 19.4. The van der Waals surface area contributed by atoms with Crippen LogP contribution in [0, 0.1) is 0 Å². The number of rotatable bonds is 6. The normalized spacial score (nSPS) is 18.1. The number of nitrogens with one attached hydrogen (secondary N) is 2. The van der Waals surface area contributed by atoms with E-state index in [9.17, 15) is 4.79 Å². The molecule has 2 saturated heterocycles. The molecule has 4 rings (SSSR count). The first kappa shape index (κ1) is 23.2. The summed E-state index contributed by atoms with van der Waals surface area (Å²) < 4.78 is 10.3. The number of nitrogens with zero attached hydrogens (tertiary/aromatic N) is 1. The van der Waals surface area contributed by atoms with Crippen LogP contribution in [0.15, 0.2) is 60.7 Å². The van der Waals surface area contributed by atoms with Crippen LogP contribution in [0.4, 0.5) is 4.79 Å². The van der Waals surface area contributed by atoms with Gasteiger partial charge in [0.15, 0.2) is 0 Å². The highest BCUT2D eigenvalue weighted by Crippen LogP contribution is 2.12. The molecule has 2 aromatic carbocycles. The summed E-state index contributed by atoms with van der Waals surface area (Å²) in [4.78, 5) is 13.5. The fourth-order valence-electron chi connectivity index (χ4n) is 3.21. The highest BCUT2D eigenvalue weighted by Gasteiger charge is 2.24. The SMILES string of the molecule is C1COCCN1.O=C1NC[C@@H](CN(Cc2ccccc2)Cc2ccccc2)O1.S. The topological polar surface area (TPSA) is 62.8 Å². The van der Waals surface area contributed by atoms with E-state index >= 15 is 0 Å². The van der Waals surface area contributed by atoms with E-state index in [1.165, 1.54) is 11.1 Å². The number of ether oxygens (including phenoxy) is 2. The molecule has 2 fully saturated rings. The Morgan fingerprint density at radius 2 is 1.45 bits per heavy atom. The summed E-state index contributed by atoms with van der Waals surface area (Å²) in [7, 11) is 0. The van der Waals surface area contributed by atoms with Gasteiger partial charge in [-0.2, -0.15) is 13.5 Å². The lowest BCUT2D eigenvalue weighted by molar-refractivity contribution is 0.103. The van der Waals surface area contributed by atoms with Gasteiger partial charge in [-0.3, -0.25) is 4.90 Å². The van der Waals surface area contributed by atoms with E-state index in [1.807, 2.05) is 36.4 Å². The number of morpholine rings is 1. The first-order valence-electron chi connectivity index (χ1n) is 9.83. The van der Waals surface area contributed by atoms with Crippen LogP contribution >= 0.6 is 13.5 Å². The average molecular weight is 418 g/mol. The van der Waals surface area contributed by atoms with Crippen molar-refractivity contribution in [2.75, 3.05) is 39.4 Å². The number of alkyl carbamates (subject to hydrolysis) is 1. The van der Waals surface area contributed by atoms with Gasteiger partial charge in [0.1, 0.15) is 6.10 Å². The third kappa shape index (κ3) is 8.87. The standard InChI is InChI=1S/C18H20N2O2.C4H9NO.H2S/c21-18-19-11-17(22-18)14-20(12-15-7-3-1-4-8-15)13-16-9-5-2-6-10-16;1-3-6-4-2-5-1;/h1-10,17H,11-14H2,(H,19,21);5H,1-4H2;1H2/t17-;;/m0../s1. The van der Waals surface area contributed by atoms with Crippen molar-refractivity contribution >= 4 is 19.6 Å². The van der Waals surface area contributed by atoms with E-state index in [0.29, 0.717) is 6.54 Å². The van der Waals surface area contributed by atoms with Crippen molar-refractivity contribution in [1.82, 2.24) is 15.5 Å². The lowest BCUT2D eigenvalue weighted by Crippen LogP contribution is -2.33. The van der Waals surface area contributed by atoms with Crippen LogP contribution in [-0.2, 0) is 22.6 Å². The van der Waals surface area contributed by atoms with Crippen LogP contribution in [-0.4, -0.2) is 56.5 Å². The Labute approximate surface area is 180 Å². The number of amides is 1. The first-order valence-corrected chi connectivity index (χ1v) is 9.83. The summed E-state index contributed by atoms with van der Waals surface area (Å²) >= 11 is 0. The maximum Gasteiger partial charge on any atom is 0.407 e. The molecule has 2 aromatic rings. The van der Waals surface area contributed by atoms with E-state index in [-0.39, 0.29) is 25.7 Å². The Bertz CT molecular complexity index is 646. The minimum Gasteiger partial charge on any atom is -0.443 e. The zero-order valence-electron chi connectivity index (χ0n) is 16.7. The van der Waals surface area contributed by atoms with Crippen molar-refractivity contribution in [1.29, 1.82) is 0 Å². The second-order valence-electron chi connectivity index (χ2n) is 6.91. The molecule has 0 bridgehead atoms. The van der Waals surface area contributed by atoms with Gasteiger partial charge in [0.25, 0.3) is 0 Å². The van der Waals surface area contributed by atoms with Crippen molar-refractivity contribution in [3.8, 4) is 0 Å². The molecule has 2 heterocycles. The third-order valence-electron chi connectivity index (χ3n) is 4.55. The minimum absolute atomic E-state index is 0. The van der Waals surface area contributed by atoms with Gasteiger partial charge >= 0.3 is 6.09 Å². The van der Waals surface area contributed by atoms with Crippen molar-refractivity contribution < 1.29 is 14.3 Å². The van der Waals surface area contributed by atoms with Crippen molar-refractivity contribution in [3.63, 3.8) is 0 Å². The molecule has 2 N–H and O–H groups in total. The molecular weight excluding hydrogens is 386 g/mol. The van der Waals surface area contributed by atoms with Crippen LogP contribution in [0.25, 0.3) is 0 Å². The molecule has 0 radical (unpaired) electrons. The lowest BCUT2D eigenvalue weighted by Gasteiger charge is -2.24. The summed E-state index contributed by atoms with van der Waals surface area (Å²) in [5.74, 6) is 0. The Morgan fingerprint density at radius 1 is 0.897 bits per heavy atom. The third-order valence-corrected chi connectivity index (χ3v) is 4.55. The number of carbonyl (C=O) groups is 1. The smallest absolute Gasteiger partial charge is 0.407 e. The highest BCUT2D eigenvalue weighted by molar-refractivity contribution is 7.59. The van der Waals surface area contributed by atoms with Gasteiger partial charge < -0.3 is 20.1 Å². The van der Waals surface area contributed by atoms with E-state index in [4.69, 9.17) is 9.47 Å². The molecule has 0 saturated carbocycles. The van der Waals surface area contributed by atoms with E-state index < -0.39 is 0 Å². The van der Waals surface area contributed by atoms with E-state index in [2.05, 4.69) is 39.8 Å². The van der Waals surface area contributed by atoms with Gasteiger partial charge in [0.2, 0.25) is 0 Å². The Hall–Kier alpha value is -2.06. The van der Waals surface area contributed by atoms with Crippen molar-refractivity contribution in [2.24, 2.45) is 0 Å². The highest BCUT2D eigenvalue weighted by atomic mass is 32.1. The Morgan fingerprint density at radius 3 is 1.83 bits per heavy atom. The van der Waals surface area contributed by atoms with Crippen LogP contribution < -0.4 is 10.6 Å². The number of hydrogen-bond donors (Lipinski definition) is 2. The molecule has 7 heteroatoms. The molecule has 0 spiro atoms. The van der Waals surface area contributed by atoms with Gasteiger partial charge in [-0.05, 0) is 11.1 Å². The summed E-state index contributed by atoms with van der Waals surface area (Å²) in [6.07, 6.45) is -0.399. The van der Waals surface area contributed by atoms with Gasteiger partial charge in [-0.15, -0.1) is 0 Å². The van der Waals surface area contributed by atoms with Gasteiger partial charge in [0.05, 0.1) is 19.8 Å². The molecule has 0 unspecified atom stereocenters. The maximum absolute atomic E-state index is 11.2. The molecule has 1 amide bonds. The predicted octanol–water partition coefficient (Wildman–Crippen LogP) is 2.52. The van der Waals surface area contributed by atoms with Crippen LogP contribution in [0.1, 0.15) is 11.1 Å². The Kier molecular flexibility index (Phi) is 10.6. The molecule has 0 aromatic heterocycles. The summed E-state index contributed by atoms with van der Waals surface area (Å²) in [5.41, 5.74) is 2.52. The van der Waals surface area contributed by atoms with Crippen LogP contribution in [0.5, 0.6) is 0 Å². The molecule has 2 aliphatic rings. The van der Waals surface area contributed by atoms with Crippen LogP contribution in [0.3, 0.4) is 0 Å². The quantitative estimate of drug-likeness (QED) is 0.756. The van der Waals surface area contributed by atoms with Gasteiger partial charge in [-0.1, -0.05) is 60.7 Å². The minimum atomic E-state index is -0.315. The summed E-state index contributed by atoms with van der Waals surface area (Å²) in [6, 6.07) is 20.7. The number of hydrogen-bond acceptors (Lipinski definition) is 5. The Balaban J connectivity index is 0.000000369. The molecule has 2 aliphatic heterocycles. The van der Waals surface area contributed by atoms with Gasteiger partial charge in [0, 0.05) is 32.7 Å². The molecule has 0 aliphatic carbocycles. The van der Waals surface area contributed by atoms with E-state index in [0.717, 1.165) is 45.9 Å². The predicted molar refractivity (Wildman–Crippen MR) is 119 cm³/mol. The first-order chi connectivity index (χ1) is 13.8. The molecule has 29 heavy (non-hydrogen) atoms. The molecular formula is C22H31N3O3S. The van der Waals surface area contributed by atoms with Gasteiger partial charge in [-0.25, -0.2) is 4.79 Å². The lowest BCUT2D eigenvalue weighted by atomic mass is 10.1. The summed E-state index contributed by atoms with van der Waals surface area (Å²) in [6.45, 7) is 6.81. The molecule has 1 atom stereocenters. The number of benzene rings is 2. The fourth-order valence-corrected chi connectivity index (χ4v) is 3.21. The molecule has 158 valence electrons. The maximum atomic E-state index is 11.2. The second-order valence-corrected chi connectivity index (χ2v) is 6.91. The zero-order valence-corrected chi connectivity index (χ0v) is 17.7. The monoisotopic (exact) mass is 417 g/mol. The largest absolute Gasteiger partial charge is 0.443 e. The fraction of sp³-hybridized carbons (Fsp3) is 0.409. The number of cyclic esters (lactones) is 1. The number of carbonyl (C=O) groups excluding carboxylic acids is 1.